The first-order valence-electron chi connectivity index (χ1n) is 7.84. The molecule has 1 aliphatic rings. The van der Waals surface area contributed by atoms with Crippen LogP contribution in [0.5, 0.6) is 0 Å². The maximum absolute atomic E-state index is 9.70. The van der Waals surface area contributed by atoms with Crippen LogP contribution >= 0.6 is 11.3 Å². The minimum atomic E-state index is -0.0722. The van der Waals surface area contributed by atoms with Gasteiger partial charge in [0.15, 0.2) is 0 Å². The SMILES string of the molecule is OC1CCCC(CNCc2ccc(-c3ccccc3)s2)C1. The largest absolute Gasteiger partial charge is 0.393 e. The molecule has 3 heteroatoms. The number of rotatable bonds is 5. The van der Waals surface area contributed by atoms with Crippen LogP contribution in [0.15, 0.2) is 42.5 Å². The maximum atomic E-state index is 9.70. The Morgan fingerprint density at radius 2 is 1.95 bits per heavy atom. The van der Waals surface area contributed by atoms with E-state index in [2.05, 4.69) is 47.8 Å². The first-order valence-corrected chi connectivity index (χ1v) is 8.66. The van der Waals surface area contributed by atoms with E-state index in [-0.39, 0.29) is 6.10 Å². The lowest BCUT2D eigenvalue weighted by molar-refractivity contribution is 0.101. The zero-order valence-corrected chi connectivity index (χ0v) is 13.1. The van der Waals surface area contributed by atoms with Gasteiger partial charge in [-0.2, -0.15) is 0 Å². The predicted octanol–water partition coefficient (Wildman–Crippen LogP) is 4.06. The van der Waals surface area contributed by atoms with Crippen molar-refractivity contribution in [3.63, 3.8) is 0 Å². The highest BCUT2D eigenvalue weighted by Gasteiger charge is 2.19. The molecule has 2 unspecified atom stereocenters. The standard InChI is InChI=1S/C18H23NOS/c20-16-8-4-5-14(11-16)12-19-13-17-9-10-18(21-17)15-6-2-1-3-7-15/h1-3,6-7,9-10,14,16,19-20H,4-5,8,11-13H2. The summed E-state index contributed by atoms with van der Waals surface area (Å²) in [7, 11) is 0. The van der Waals surface area contributed by atoms with Crippen LogP contribution in [0.1, 0.15) is 30.6 Å². The van der Waals surface area contributed by atoms with Gasteiger partial charge in [-0.25, -0.2) is 0 Å². The number of nitrogens with one attached hydrogen (secondary N) is 1. The van der Waals surface area contributed by atoms with Crippen LogP contribution in [0, 0.1) is 5.92 Å². The first-order chi connectivity index (χ1) is 10.3. The second kappa shape index (κ2) is 7.21. The molecule has 2 aromatic rings. The molecule has 0 radical (unpaired) electrons. The summed E-state index contributed by atoms with van der Waals surface area (Å²) in [6.45, 7) is 1.96. The minimum Gasteiger partial charge on any atom is -0.393 e. The van der Waals surface area contributed by atoms with Crippen molar-refractivity contribution in [2.24, 2.45) is 5.92 Å². The molecule has 0 aliphatic heterocycles. The molecule has 2 N–H and O–H groups in total. The molecule has 0 bridgehead atoms. The Kier molecular flexibility index (Phi) is 5.07. The van der Waals surface area contributed by atoms with Crippen LogP contribution in [-0.2, 0) is 6.54 Å². The predicted molar refractivity (Wildman–Crippen MR) is 89.4 cm³/mol. The van der Waals surface area contributed by atoms with Crippen molar-refractivity contribution in [1.82, 2.24) is 5.32 Å². The van der Waals surface area contributed by atoms with E-state index in [0.717, 1.165) is 25.9 Å². The van der Waals surface area contributed by atoms with Crippen molar-refractivity contribution >= 4 is 11.3 Å². The van der Waals surface area contributed by atoms with Crippen LogP contribution in [0.25, 0.3) is 10.4 Å². The molecule has 1 aromatic carbocycles. The number of benzene rings is 1. The van der Waals surface area contributed by atoms with Crippen molar-refractivity contribution in [1.29, 1.82) is 0 Å². The monoisotopic (exact) mass is 301 g/mol. The smallest absolute Gasteiger partial charge is 0.0543 e. The highest BCUT2D eigenvalue weighted by Crippen LogP contribution is 2.28. The molecule has 2 nitrogen and oxygen atoms in total. The van der Waals surface area contributed by atoms with Crippen LogP contribution in [-0.4, -0.2) is 17.8 Å². The minimum absolute atomic E-state index is 0.0722. The number of hydrogen-bond acceptors (Lipinski definition) is 3. The number of aliphatic hydroxyl groups excluding tert-OH is 1. The third kappa shape index (κ3) is 4.16. The summed E-state index contributed by atoms with van der Waals surface area (Å²) in [5.74, 6) is 0.641. The molecule has 2 atom stereocenters. The molecule has 21 heavy (non-hydrogen) atoms. The fourth-order valence-electron chi connectivity index (χ4n) is 3.08. The van der Waals surface area contributed by atoms with E-state index in [1.54, 1.807) is 0 Å². The zero-order chi connectivity index (χ0) is 14.5. The normalized spacial score (nSPS) is 22.3. The molecule has 1 aliphatic carbocycles. The van der Waals surface area contributed by atoms with Gasteiger partial charge >= 0.3 is 0 Å². The first kappa shape index (κ1) is 14.8. The fraction of sp³-hybridized carbons (Fsp3) is 0.444. The van der Waals surface area contributed by atoms with Gasteiger partial charge in [-0.15, -0.1) is 11.3 Å². The topological polar surface area (TPSA) is 32.3 Å². The Hall–Kier alpha value is -1.16. The summed E-state index contributed by atoms with van der Waals surface area (Å²) in [6.07, 6.45) is 4.31. The molecule has 0 spiro atoms. The molecule has 112 valence electrons. The van der Waals surface area contributed by atoms with Gasteiger partial charge in [-0.3, -0.25) is 0 Å². The summed E-state index contributed by atoms with van der Waals surface area (Å²) in [5.41, 5.74) is 1.30. The van der Waals surface area contributed by atoms with E-state index in [1.165, 1.54) is 28.2 Å². The van der Waals surface area contributed by atoms with Gasteiger partial charge in [-0.1, -0.05) is 36.8 Å². The van der Waals surface area contributed by atoms with Crippen molar-refractivity contribution < 1.29 is 5.11 Å². The average molecular weight is 301 g/mol. The number of hydrogen-bond donors (Lipinski definition) is 2. The van der Waals surface area contributed by atoms with Crippen molar-refractivity contribution in [3.8, 4) is 10.4 Å². The van der Waals surface area contributed by atoms with E-state index in [0.29, 0.717) is 5.92 Å². The lowest BCUT2D eigenvalue weighted by Gasteiger charge is -2.25. The molecule has 0 amide bonds. The zero-order valence-electron chi connectivity index (χ0n) is 12.3. The lowest BCUT2D eigenvalue weighted by atomic mass is 9.87. The Labute approximate surface area is 130 Å². The molecule has 1 heterocycles. The Morgan fingerprint density at radius 3 is 2.76 bits per heavy atom. The molecule has 1 aromatic heterocycles. The highest BCUT2D eigenvalue weighted by atomic mass is 32.1. The molecule has 0 saturated heterocycles. The van der Waals surface area contributed by atoms with Crippen molar-refractivity contribution in [2.75, 3.05) is 6.54 Å². The van der Waals surface area contributed by atoms with E-state index < -0.39 is 0 Å². The summed E-state index contributed by atoms with van der Waals surface area (Å²) in [5, 5.41) is 13.3. The van der Waals surface area contributed by atoms with Crippen molar-refractivity contribution in [3.05, 3.63) is 47.3 Å². The molecular weight excluding hydrogens is 278 g/mol. The molecule has 1 saturated carbocycles. The van der Waals surface area contributed by atoms with Crippen LogP contribution in [0.4, 0.5) is 0 Å². The van der Waals surface area contributed by atoms with E-state index in [4.69, 9.17) is 0 Å². The highest BCUT2D eigenvalue weighted by molar-refractivity contribution is 7.15. The number of aliphatic hydroxyl groups is 1. The fourth-order valence-corrected chi connectivity index (χ4v) is 4.06. The quantitative estimate of drug-likeness (QED) is 0.873. The van der Waals surface area contributed by atoms with Gasteiger partial charge in [0.1, 0.15) is 0 Å². The molecule has 1 fully saturated rings. The van der Waals surface area contributed by atoms with Gasteiger partial charge in [0.25, 0.3) is 0 Å². The van der Waals surface area contributed by atoms with Crippen LogP contribution in [0.3, 0.4) is 0 Å². The Morgan fingerprint density at radius 1 is 1.10 bits per heavy atom. The molecular formula is C18H23NOS. The second-order valence-electron chi connectivity index (χ2n) is 5.95. The van der Waals surface area contributed by atoms with Gasteiger partial charge in [0, 0.05) is 16.3 Å². The summed E-state index contributed by atoms with van der Waals surface area (Å²) in [4.78, 5) is 2.71. The lowest BCUT2D eigenvalue weighted by Crippen LogP contribution is -2.28. The summed E-state index contributed by atoms with van der Waals surface area (Å²) < 4.78 is 0. The Balaban J connectivity index is 1.49. The van der Waals surface area contributed by atoms with E-state index >= 15 is 0 Å². The van der Waals surface area contributed by atoms with Crippen LogP contribution < -0.4 is 5.32 Å². The van der Waals surface area contributed by atoms with Gasteiger partial charge in [0.2, 0.25) is 0 Å². The van der Waals surface area contributed by atoms with Crippen molar-refractivity contribution in [2.45, 2.75) is 38.3 Å². The number of thiophene rings is 1. The van der Waals surface area contributed by atoms with Gasteiger partial charge < -0.3 is 10.4 Å². The molecule has 3 rings (SSSR count). The summed E-state index contributed by atoms with van der Waals surface area (Å²) >= 11 is 1.86. The third-order valence-corrected chi connectivity index (χ3v) is 5.34. The Bertz CT molecular complexity index is 551. The second-order valence-corrected chi connectivity index (χ2v) is 7.12. The van der Waals surface area contributed by atoms with E-state index in [9.17, 15) is 5.11 Å². The van der Waals surface area contributed by atoms with E-state index in [1.807, 2.05) is 11.3 Å². The average Bonchev–Trinajstić information content (AvgIpc) is 2.97. The van der Waals surface area contributed by atoms with Gasteiger partial charge in [0.05, 0.1) is 6.10 Å². The van der Waals surface area contributed by atoms with Crippen LogP contribution in [0.2, 0.25) is 0 Å². The van der Waals surface area contributed by atoms with Gasteiger partial charge in [-0.05, 0) is 49.4 Å². The maximum Gasteiger partial charge on any atom is 0.0543 e. The third-order valence-electron chi connectivity index (χ3n) is 4.21. The summed E-state index contributed by atoms with van der Waals surface area (Å²) in [6, 6.07) is 15.0.